The van der Waals surface area contributed by atoms with Crippen LogP contribution in [-0.4, -0.2) is 51.0 Å². The number of carbonyl (C=O) groups is 4. The van der Waals surface area contributed by atoms with Gasteiger partial charge in [-0.2, -0.15) is 0 Å². The molecular formula is C22H25N3O4. The molecule has 2 fully saturated rings. The summed E-state index contributed by atoms with van der Waals surface area (Å²) in [5.74, 6) is -1.93. The van der Waals surface area contributed by atoms with Gasteiger partial charge in [-0.3, -0.25) is 19.3 Å². The Kier molecular flexibility index (Phi) is 4.98. The molecule has 7 nitrogen and oxygen atoms in total. The second-order valence-corrected chi connectivity index (χ2v) is 8.00. The molecule has 29 heavy (non-hydrogen) atoms. The van der Waals surface area contributed by atoms with E-state index >= 15 is 0 Å². The lowest BCUT2D eigenvalue weighted by Gasteiger charge is -2.34. The molecule has 1 aliphatic heterocycles. The van der Waals surface area contributed by atoms with E-state index in [0.29, 0.717) is 12.0 Å². The highest BCUT2D eigenvalue weighted by molar-refractivity contribution is 6.45. The van der Waals surface area contributed by atoms with Crippen LogP contribution < -0.4 is 0 Å². The number of nitrogens with zero attached hydrogens (tertiary/aromatic N) is 2. The van der Waals surface area contributed by atoms with Gasteiger partial charge in [-0.05, 0) is 30.7 Å². The molecule has 1 aromatic carbocycles. The zero-order valence-electron chi connectivity index (χ0n) is 16.7. The Labute approximate surface area is 169 Å². The molecule has 0 spiro atoms. The van der Waals surface area contributed by atoms with Crippen molar-refractivity contribution in [3.63, 3.8) is 0 Å². The van der Waals surface area contributed by atoms with Gasteiger partial charge in [0.15, 0.2) is 5.78 Å². The van der Waals surface area contributed by atoms with Crippen LogP contribution in [0.25, 0.3) is 10.9 Å². The van der Waals surface area contributed by atoms with Crippen LogP contribution in [0.15, 0.2) is 24.4 Å². The first kappa shape index (κ1) is 19.4. The molecule has 2 heterocycles. The number of amides is 4. The largest absolute Gasteiger partial charge is 0.360 e. The fraction of sp³-hybridized carbons (Fsp3) is 0.455. The minimum absolute atomic E-state index is 0.154. The summed E-state index contributed by atoms with van der Waals surface area (Å²) >= 11 is 0. The number of imide groups is 2. The molecule has 1 saturated heterocycles. The van der Waals surface area contributed by atoms with Crippen molar-refractivity contribution >= 4 is 34.5 Å². The third-order valence-electron chi connectivity index (χ3n) is 6.27. The molecular weight excluding hydrogens is 370 g/mol. The highest BCUT2D eigenvalue weighted by Gasteiger charge is 2.49. The molecule has 1 saturated carbocycles. The summed E-state index contributed by atoms with van der Waals surface area (Å²) in [5, 5.41) is 0.762. The highest BCUT2D eigenvalue weighted by Crippen LogP contribution is 2.31. The van der Waals surface area contributed by atoms with E-state index in [9.17, 15) is 19.2 Å². The molecule has 1 N–H and O–H groups in total. The van der Waals surface area contributed by atoms with Gasteiger partial charge in [-0.15, -0.1) is 0 Å². The molecule has 7 heteroatoms. The predicted molar refractivity (Wildman–Crippen MR) is 107 cm³/mol. The summed E-state index contributed by atoms with van der Waals surface area (Å²) in [6.07, 6.45) is 6.04. The maximum Gasteiger partial charge on any atom is 0.334 e. The second kappa shape index (κ2) is 7.46. The third-order valence-corrected chi connectivity index (χ3v) is 6.27. The van der Waals surface area contributed by atoms with Crippen LogP contribution in [0.4, 0.5) is 4.79 Å². The molecule has 2 aliphatic rings. The first-order valence-electron chi connectivity index (χ1n) is 10.2. The number of fused-ring (bicyclic) bond motifs is 1. The van der Waals surface area contributed by atoms with Crippen molar-refractivity contribution in [3.05, 3.63) is 35.5 Å². The molecule has 0 bridgehead atoms. The molecule has 4 rings (SSSR count). The van der Waals surface area contributed by atoms with Crippen LogP contribution >= 0.6 is 0 Å². The smallest absolute Gasteiger partial charge is 0.334 e. The van der Waals surface area contributed by atoms with Gasteiger partial charge in [0.05, 0.1) is 6.54 Å². The lowest BCUT2D eigenvalue weighted by Crippen LogP contribution is -2.46. The summed E-state index contributed by atoms with van der Waals surface area (Å²) in [4.78, 5) is 55.9. The molecule has 2 atom stereocenters. The maximum absolute atomic E-state index is 12.9. The molecule has 0 radical (unpaired) electrons. The summed E-state index contributed by atoms with van der Waals surface area (Å²) in [5.41, 5.74) is 2.39. The average molecular weight is 395 g/mol. The first-order valence-corrected chi connectivity index (χ1v) is 10.2. The van der Waals surface area contributed by atoms with Crippen molar-refractivity contribution in [1.29, 1.82) is 0 Å². The zero-order chi connectivity index (χ0) is 20.7. The van der Waals surface area contributed by atoms with Crippen molar-refractivity contribution in [3.8, 4) is 0 Å². The summed E-state index contributed by atoms with van der Waals surface area (Å²) < 4.78 is 0. The minimum atomic E-state index is -0.907. The maximum atomic E-state index is 12.9. The number of ketones is 1. The number of benzene rings is 1. The van der Waals surface area contributed by atoms with Crippen LogP contribution in [0, 0.1) is 5.92 Å². The molecule has 1 aliphatic carbocycles. The van der Waals surface area contributed by atoms with Gasteiger partial charge in [0, 0.05) is 28.7 Å². The van der Waals surface area contributed by atoms with E-state index in [4.69, 9.17) is 0 Å². The van der Waals surface area contributed by atoms with Crippen molar-refractivity contribution in [1.82, 2.24) is 14.8 Å². The number of aryl methyl sites for hydroxylation is 1. The standard InChI is InChI=1S/C22H25N3O4/c1-3-14-8-6-9-15-16(11-23-19(14)15)18(26)12-24-20(27)21(28)25(22(24)29)17-10-5-4-7-13(17)2/h6,8-9,11,13,17,23H,3-5,7,10,12H2,1-2H3/t13-,17+/m1/s1. The quantitative estimate of drug-likeness (QED) is 0.478. The summed E-state index contributed by atoms with van der Waals surface area (Å²) in [6.45, 7) is 3.61. The number of hydrogen-bond acceptors (Lipinski definition) is 4. The fourth-order valence-corrected chi connectivity index (χ4v) is 4.61. The van der Waals surface area contributed by atoms with Gasteiger partial charge in [-0.1, -0.05) is 44.9 Å². The van der Waals surface area contributed by atoms with E-state index in [-0.39, 0.29) is 17.7 Å². The van der Waals surface area contributed by atoms with Crippen LogP contribution in [0.2, 0.25) is 0 Å². The number of hydrogen-bond donors (Lipinski definition) is 1. The predicted octanol–water partition coefficient (Wildman–Crippen LogP) is 3.28. The number of H-pyrrole nitrogens is 1. The van der Waals surface area contributed by atoms with E-state index in [0.717, 1.165) is 51.9 Å². The normalized spacial score (nSPS) is 22.8. The molecule has 152 valence electrons. The number of aromatic nitrogens is 1. The number of nitrogens with one attached hydrogen (secondary N) is 1. The number of urea groups is 1. The Morgan fingerprint density at radius 3 is 2.62 bits per heavy atom. The lowest BCUT2D eigenvalue weighted by atomic mass is 9.85. The number of Topliss-reactive ketones (excluding diaryl/α,β-unsaturated/α-hetero) is 1. The molecule has 4 amide bonds. The van der Waals surface area contributed by atoms with Crippen molar-refractivity contribution in [2.75, 3.05) is 6.54 Å². The SMILES string of the molecule is CCc1cccc2c(C(=O)CN3C(=O)C(=O)N([C@H]4CCCC[C@H]4C)C3=O)c[nH]c12. The van der Waals surface area contributed by atoms with Crippen LogP contribution in [-0.2, 0) is 16.0 Å². The van der Waals surface area contributed by atoms with E-state index < -0.39 is 24.4 Å². The topological polar surface area (TPSA) is 90.6 Å². The first-order chi connectivity index (χ1) is 13.9. The fourth-order valence-electron chi connectivity index (χ4n) is 4.61. The number of carbonyl (C=O) groups excluding carboxylic acids is 4. The Bertz CT molecular complexity index is 1010. The minimum Gasteiger partial charge on any atom is -0.360 e. The van der Waals surface area contributed by atoms with E-state index in [2.05, 4.69) is 4.98 Å². The van der Waals surface area contributed by atoms with Crippen LogP contribution in [0.5, 0.6) is 0 Å². The second-order valence-electron chi connectivity index (χ2n) is 8.00. The number of aromatic amines is 1. The Morgan fingerprint density at radius 1 is 1.14 bits per heavy atom. The Morgan fingerprint density at radius 2 is 1.90 bits per heavy atom. The van der Waals surface area contributed by atoms with Gasteiger partial charge in [-0.25, -0.2) is 9.69 Å². The van der Waals surface area contributed by atoms with Crippen LogP contribution in [0.3, 0.4) is 0 Å². The summed E-state index contributed by atoms with van der Waals surface area (Å²) in [6, 6.07) is 4.78. The monoisotopic (exact) mass is 395 g/mol. The van der Waals surface area contributed by atoms with E-state index in [1.807, 2.05) is 32.0 Å². The van der Waals surface area contributed by atoms with Gasteiger partial charge in [0.2, 0.25) is 0 Å². The third kappa shape index (κ3) is 3.14. The highest BCUT2D eigenvalue weighted by atomic mass is 16.2. The average Bonchev–Trinajstić information content (AvgIpc) is 3.24. The van der Waals surface area contributed by atoms with Gasteiger partial charge in [0.1, 0.15) is 0 Å². The Balaban J connectivity index is 1.58. The lowest BCUT2D eigenvalue weighted by molar-refractivity contribution is -0.144. The van der Waals surface area contributed by atoms with Gasteiger partial charge < -0.3 is 4.98 Å². The number of rotatable bonds is 5. The van der Waals surface area contributed by atoms with Crippen LogP contribution in [0.1, 0.15) is 55.5 Å². The van der Waals surface area contributed by atoms with Gasteiger partial charge >= 0.3 is 17.8 Å². The van der Waals surface area contributed by atoms with Gasteiger partial charge in [0.25, 0.3) is 0 Å². The van der Waals surface area contributed by atoms with Crippen molar-refractivity contribution < 1.29 is 19.2 Å². The summed E-state index contributed by atoms with van der Waals surface area (Å²) in [7, 11) is 0. The molecule has 0 unspecified atom stereocenters. The number of para-hydroxylation sites is 1. The molecule has 2 aromatic rings. The van der Waals surface area contributed by atoms with E-state index in [1.165, 1.54) is 0 Å². The van der Waals surface area contributed by atoms with Crippen molar-refractivity contribution in [2.24, 2.45) is 5.92 Å². The van der Waals surface area contributed by atoms with Crippen molar-refractivity contribution in [2.45, 2.75) is 52.0 Å². The molecule has 1 aromatic heterocycles. The Hall–Kier alpha value is -2.96. The van der Waals surface area contributed by atoms with E-state index in [1.54, 1.807) is 6.20 Å². The zero-order valence-corrected chi connectivity index (χ0v) is 16.7.